The Morgan fingerprint density at radius 3 is 2.23 bits per heavy atom. The average Bonchev–Trinajstić information content (AvgIpc) is 3.37. The summed E-state index contributed by atoms with van der Waals surface area (Å²) in [6.45, 7) is 8.81. The van der Waals surface area contributed by atoms with Crippen molar-refractivity contribution < 1.29 is 30.9 Å². The van der Waals surface area contributed by atoms with Crippen molar-refractivity contribution in [3.05, 3.63) is 115 Å². The van der Waals surface area contributed by atoms with Crippen LogP contribution in [-0.2, 0) is 32.6 Å². The Balaban J connectivity index is 0.000000407. The van der Waals surface area contributed by atoms with E-state index in [1.54, 1.807) is 7.11 Å². The first-order valence-corrected chi connectivity index (χ1v) is 11.4. The van der Waals surface area contributed by atoms with E-state index in [9.17, 15) is 0 Å². The molecule has 0 saturated carbocycles. The summed E-state index contributed by atoms with van der Waals surface area (Å²) >= 11 is 6.16. The molecule has 2 aliphatic rings. The molecule has 0 bridgehead atoms. The van der Waals surface area contributed by atoms with Gasteiger partial charge >= 0.3 is 26.2 Å². The summed E-state index contributed by atoms with van der Waals surface area (Å²) < 4.78 is 5.57. The molecule has 3 heteroatoms. The maximum Gasteiger partial charge on any atom is 4.00 e. The van der Waals surface area contributed by atoms with Gasteiger partial charge in [-0.2, -0.15) is 5.57 Å². The zero-order valence-corrected chi connectivity index (χ0v) is 25.2. The molecule has 0 spiro atoms. The number of hydrogen-bond donors (Lipinski definition) is 0. The van der Waals surface area contributed by atoms with Crippen molar-refractivity contribution in [2.45, 2.75) is 40.5 Å². The van der Waals surface area contributed by atoms with E-state index in [2.05, 4.69) is 76.2 Å². The molecule has 2 aliphatic carbocycles. The maximum atomic E-state index is 6.16. The number of allylic oxidation sites excluding steroid dienone is 4. The van der Waals surface area contributed by atoms with E-state index in [-0.39, 0.29) is 46.5 Å². The number of halogens is 1. The largest absolute Gasteiger partial charge is 4.00 e. The van der Waals surface area contributed by atoms with Gasteiger partial charge < -0.3 is 19.6 Å². The van der Waals surface area contributed by atoms with E-state index in [1.165, 1.54) is 39.0 Å². The van der Waals surface area contributed by atoms with Gasteiger partial charge in [0.25, 0.3) is 0 Å². The number of ether oxygens (including phenoxy) is 1. The molecule has 180 valence electrons. The predicted octanol–water partition coefficient (Wildman–Crippen LogP) is 9.40. The molecule has 0 saturated heterocycles. The number of rotatable bonds is 2. The summed E-state index contributed by atoms with van der Waals surface area (Å²) in [5.74, 6) is 0.871. The topological polar surface area (TPSA) is 9.23 Å². The third-order valence-corrected chi connectivity index (χ3v) is 6.19. The van der Waals surface area contributed by atoms with Gasteiger partial charge in [0, 0.05) is 10.8 Å². The summed E-state index contributed by atoms with van der Waals surface area (Å²) in [5, 5.41) is 0.774. The molecule has 0 atom stereocenters. The van der Waals surface area contributed by atoms with Crippen molar-refractivity contribution in [3.63, 3.8) is 0 Å². The van der Waals surface area contributed by atoms with E-state index in [0.717, 1.165) is 29.2 Å². The van der Waals surface area contributed by atoms with Crippen LogP contribution >= 0.6 is 11.6 Å². The van der Waals surface area contributed by atoms with E-state index in [0.29, 0.717) is 0 Å². The Bertz CT molecular complexity index is 1200. The molecule has 0 N–H and O–H groups in total. The van der Waals surface area contributed by atoms with E-state index in [1.807, 2.05) is 24.3 Å². The third-order valence-electron chi connectivity index (χ3n) is 5.95. The number of hydrogen-bond acceptors (Lipinski definition) is 1. The van der Waals surface area contributed by atoms with Crippen molar-refractivity contribution >= 4 is 11.6 Å². The van der Waals surface area contributed by atoms with Crippen LogP contribution in [0.4, 0.5) is 0 Å². The monoisotopic (exact) mass is 560 g/mol. The van der Waals surface area contributed by atoms with Gasteiger partial charge in [0.05, 0.1) is 7.11 Å². The Kier molecular flexibility index (Phi) is 11.5. The fourth-order valence-electron chi connectivity index (χ4n) is 4.29. The molecule has 0 unspecified atom stereocenters. The molecule has 3 aromatic rings. The summed E-state index contributed by atoms with van der Waals surface area (Å²) in [6.07, 6.45) is 7.61. The van der Waals surface area contributed by atoms with Gasteiger partial charge in [-0.15, -0.1) is 23.3 Å². The van der Waals surface area contributed by atoms with Crippen molar-refractivity contribution in [3.8, 4) is 28.0 Å². The molecule has 0 aromatic heterocycles. The first-order chi connectivity index (χ1) is 15.3. The first-order valence-electron chi connectivity index (χ1n) is 11.0. The second kappa shape index (κ2) is 12.9. The average molecular weight is 562 g/mol. The van der Waals surface area contributed by atoms with Crippen LogP contribution in [0.15, 0.2) is 71.8 Å². The fraction of sp³-hybridized carbons (Fsp3) is 0.250. The fourth-order valence-corrected chi connectivity index (χ4v) is 4.48. The van der Waals surface area contributed by atoms with E-state index < -0.39 is 0 Å². The van der Waals surface area contributed by atoms with Crippen LogP contribution in [0, 0.1) is 32.4 Å². The van der Waals surface area contributed by atoms with Gasteiger partial charge in [-0.1, -0.05) is 93.2 Å². The summed E-state index contributed by atoms with van der Waals surface area (Å²) in [6, 6.07) is 21.8. The maximum absolute atomic E-state index is 6.16. The number of methoxy groups -OCH3 is 1. The van der Waals surface area contributed by atoms with Crippen LogP contribution in [0.1, 0.15) is 45.2 Å². The Morgan fingerprint density at radius 1 is 1.00 bits per heavy atom. The minimum atomic E-state index is 0. The van der Waals surface area contributed by atoms with Crippen molar-refractivity contribution in [2.75, 3.05) is 7.11 Å². The van der Waals surface area contributed by atoms with Gasteiger partial charge in [-0.05, 0) is 35.1 Å². The first kappa shape index (κ1) is 31.1. The van der Waals surface area contributed by atoms with E-state index >= 15 is 0 Å². The predicted molar refractivity (Wildman–Crippen MR) is 148 cm³/mol. The summed E-state index contributed by atoms with van der Waals surface area (Å²) in [4.78, 5) is 0. The second-order valence-electron chi connectivity index (χ2n) is 9.41. The molecular weight excluding hydrogens is 527 g/mol. The van der Waals surface area contributed by atoms with Gasteiger partial charge in [0.1, 0.15) is 0 Å². The second-order valence-corrected chi connectivity index (χ2v) is 9.84. The Hall–Kier alpha value is -1.89. The molecule has 0 amide bonds. The van der Waals surface area contributed by atoms with Gasteiger partial charge in [0.15, 0.2) is 0 Å². The van der Waals surface area contributed by atoms with Crippen LogP contribution in [0.2, 0.25) is 5.02 Å². The molecule has 0 heterocycles. The molecule has 0 radical (unpaired) electrons. The normalized spacial score (nSPS) is 12.9. The quantitative estimate of drug-likeness (QED) is 0.221. The van der Waals surface area contributed by atoms with Crippen LogP contribution in [0.5, 0.6) is 5.75 Å². The number of fused-ring (bicyclic) bond motifs is 3. The summed E-state index contributed by atoms with van der Waals surface area (Å²) in [7, 11) is 1.71. The summed E-state index contributed by atoms with van der Waals surface area (Å²) in [5.41, 5.74) is 10.2. The van der Waals surface area contributed by atoms with Gasteiger partial charge in [-0.25, -0.2) is 17.7 Å². The van der Waals surface area contributed by atoms with Gasteiger partial charge in [0.2, 0.25) is 0 Å². The standard InChI is InChI=1S/C20H14ClO.C10H15.2CH3.Zr/c1-22-19-10-9-16(13-5-3-2-4-6-13)18-12-14-11-15(21)7-8-17(14)20(18)19;1-8-5-6-9(7-8)10(2,3)4;;;/h2-8,10-11H,12H2,1H3;6H,5H2,1-4H3;2*1H3;/q4*-1;+4. The molecule has 0 aliphatic heterocycles. The minimum absolute atomic E-state index is 0. The van der Waals surface area contributed by atoms with Crippen LogP contribution < -0.4 is 4.74 Å². The van der Waals surface area contributed by atoms with Crippen LogP contribution in [-0.4, -0.2) is 7.11 Å². The minimum Gasteiger partial charge on any atom is -0.539 e. The Morgan fingerprint density at radius 2 is 1.69 bits per heavy atom. The molecule has 35 heavy (non-hydrogen) atoms. The van der Waals surface area contributed by atoms with Crippen molar-refractivity contribution in [1.29, 1.82) is 0 Å². The molecule has 1 nitrogen and oxygen atoms in total. The molecule has 0 fully saturated rings. The SMILES string of the molecule is CC1=[C-]C(C(C)(C)C)=CC1.COc1c[c-]c(-c2ccccc2)c2c1-c1ccc(Cl)cc1C2.[CH3-].[CH3-].[Zr+4]. The zero-order chi connectivity index (χ0) is 22.9. The molecule has 3 aromatic carbocycles. The van der Waals surface area contributed by atoms with Crippen LogP contribution in [0.25, 0.3) is 22.3 Å². The zero-order valence-electron chi connectivity index (χ0n) is 22.0. The number of benzene rings is 3. The van der Waals surface area contributed by atoms with Crippen LogP contribution in [0.3, 0.4) is 0 Å². The van der Waals surface area contributed by atoms with Gasteiger partial charge in [-0.3, -0.25) is 0 Å². The Labute approximate surface area is 237 Å². The van der Waals surface area contributed by atoms with Crippen molar-refractivity contribution in [1.82, 2.24) is 0 Å². The smallest absolute Gasteiger partial charge is 0.539 e. The van der Waals surface area contributed by atoms with Crippen molar-refractivity contribution in [2.24, 2.45) is 5.41 Å². The third kappa shape index (κ3) is 6.87. The molecule has 5 rings (SSSR count). The van der Waals surface area contributed by atoms with E-state index in [4.69, 9.17) is 16.3 Å². The molecular formula is C32H35ClOZr.